The number of hydrogen-bond donors (Lipinski definition) is 2. The van der Waals surface area contributed by atoms with Gasteiger partial charge in [0.25, 0.3) is 0 Å². The predicted molar refractivity (Wildman–Crippen MR) is 99.5 cm³/mol. The predicted octanol–water partition coefficient (Wildman–Crippen LogP) is 1.41. The van der Waals surface area contributed by atoms with E-state index in [1.807, 2.05) is 6.92 Å². The van der Waals surface area contributed by atoms with Crippen molar-refractivity contribution in [2.75, 3.05) is 44.9 Å². The van der Waals surface area contributed by atoms with Gasteiger partial charge in [-0.2, -0.15) is 0 Å². The summed E-state index contributed by atoms with van der Waals surface area (Å²) < 4.78 is 27.5. The molecular weight excluding hydrogens is 405 g/mol. The fraction of sp³-hybridized carbons (Fsp3) is 0.923. The van der Waals surface area contributed by atoms with Gasteiger partial charge in [0.2, 0.25) is 0 Å². The number of guanidine groups is 1. The molecule has 0 heterocycles. The third-order valence-corrected chi connectivity index (χ3v) is 3.41. The summed E-state index contributed by atoms with van der Waals surface area (Å²) in [6.07, 6.45) is 4.34. The van der Waals surface area contributed by atoms with Gasteiger partial charge in [-0.25, -0.2) is 8.42 Å². The highest BCUT2D eigenvalue weighted by atomic mass is 127. The van der Waals surface area contributed by atoms with Crippen LogP contribution in [0.5, 0.6) is 0 Å². The monoisotopic (exact) mass is 435 g/mol. The third-order valence-electron chi connectivity index (χ3n) is 2.47. The molecule has 0 amide bonds. The highest BCUT2D eigenvalue weighted by Gasteiger charge is 2.02. The standard InChI is InChI=1S/C13H29N3O3S.HI/c1-4-6-10-19-11-7-8-15-13(14-5-2)16-9-12-20(3,17)18;/h4-12H2,1-3H3,(H2,14,15,16);1H. The zero-order valence-electron chi connectivity index (χ0n) is 13.4. The maximum absolute atomic E-state index is 11.0. The Bertz CT molecular complexity index is 362. The summed E-state index contributed by atoms with van der Waals surface area (Å²) in [4.78, 5) is 4.37. The SMILES string of the molecule is CCCCOCCCN=C(NCC)NCCS(C)(=O)=O.I. The fourth-order valence-corrected chi connectivity index (χ4v) is 1.88. The van der Waals surface area contributed by atoms with E-state index in [9.17, 15) is 8.42 Å². The third kappa shape index (κ3) is 17.9. The Morgan fingerprint density at radius 1 is 1.14 bits per heavy atom. The minimum Gasteiger partial charge on any atom is -0.381 e. The van der Waals surface area contributed by atoms with Crippen LogP contribution in [0.3, 0.4) is 0 Å². The number of rotatable bonds is 11. The molecule has 0 aliphatic heterocycles. The van der Waals surface area contributed by atoms with Gasteiger partial charge >= 0.3 is 0 Å². The van der Waals surface area contributed by atoms with Crippen molar-refractivity contribution in [3.63, 3.8) is 0 Å². The van der Waals surface area contributed by atoms with Crippen molar-refractivity contribution in [3.8, 4) is 0 Å². The lowest BCUT2D eigenvalue weighted by molar-refractivity contribution is 0.130. The van der Waals surface area contributed by atoms with Crippen LogP contribution >= 0.6 is 24.0 Å². The van der Waals surface area contributed by atoms with E-state index < -0.39 is 9.84 Å². The molecule has 0 aliphatic carbocycles. The van der Waals surface area contributed by atoms with Crippen molar-refractivity contribution in [2.24, 2.45) is 4.99 Å². The van der Waals surface area contributed by atoms with Gasteiger partial charge in [0.05, 0.1) is 5.75 Å². The lowest BCUT2D eigenvalue weighted by Crippen LogP contribution is -2.39. The van der Waals surface area contributed by atoms with Crippen molar-refractivity contribution in [1.29, 1.82) is 0 Å². The lowest BCUT2D eigenvalue weighted by Gasteiger charge is -2.10. The normalized spacial score (nSPS) is 11.9. The largest absolute Gasteiger partial charge is 0.381 e. The zero-order valence-corrected chi connectivity index (χ0v) is 16.5. The Morgan fingerprint density at radius 2 is 1.81 bits per heavy atom. The molecule has 0 fully saturated rings. The number of sulfone groups is 1. The van der Waals surface area contributed by atoms with Crippen LogP contribution in [-0.2, 0) is 14.6 Å². The van der Waals surface area contributed by atoms with E-state index in [4.69, 9.17) is 4.74 Å². The molecule has 0 aromatic carbocycles. The average Bonchev–Trinajstić information content (AvgIpc) is 2.36. The van der Waals surface area contributed by atoms with Crippen LogP contribution in [0.1, 0.15) is 33.1 Å². The molecule has 0 saturated heterocycles. The summed E-state index contributed by atoms with van der Waals surface area (Å²) >= 11 is 0. The zero-order chi connectivity index (χ0) is 15.3. The number of nitrogens with one attached hydrogen (secondary N) is 2. The van der Waals surface area contributed by atoms with E-state index in [2.05, 4.69) is 22.5 Å². The van der Waals surface area contributed by atoms with E-state index in [0.29, 0.717) is 25.7 Å². The molecule has 0 aromatic rings. The first-order chi connectivity index (χ1) is 9.49. The van der Waals surface area contributed by atoms with Crippen LogP contribution in [0.25, 0.3) is 0 Å². The van der Waals surface area contributed by atoms with Crippen LogP contribution in [0.15, 0.2) is 4.99 Å². The number of aliphatic imine (C=N–C) groups is 1. The van der Waals surface area contributed by atoms with E-state index in [1.54, 1.807) is 0 Å². The lowest BCUT2D eigenvalue weighted by atomic mass is 10.4. The minimum atomic E-state index is -2.94. The first kappa shape index (κ1) is 23.2. The highest BCUT2D eigenvalue weighted by molar-refractivity contribution is 14.0. The number of hydrogen-bond acceptors (Lipinski definition) is 4. The van der Waals surface area contributed by atoms with Crippen molar-refractivity contribution in [1.82, 2.24) is 10.6 Å². The van der Waals surface area contributed by atoms with Crippen LogP contribution in [0.4, 0.5) is 0 Å². The molecule has 0 aliphatic rings. The Kier molecular flexibility index (Phi) is 16.4. The number of ether oxygens (including phenoxy) is 1. The summed E-state index contributed by atoms with van der Waals surface area (Å²) in [6.45, 7) is 7.43. The molecule has 8 heteroatoms. The maximum atomic E-state index is 11.0. The van der Waals surface area contributed by atoms with Gasteiger partial charge in [-0.1, -0.05) is 13.3 Å². The molecule has 21 heavy (non-hydrogen) atoms. The molecule has 0 unspecified atom stereocenters. The van der Waals surface area contributed by atoms with Gasteiger partial charge in [0, 0.05) is 39.1 Å². The molecule has 0 atom stereocenters. The van der Waals surface area contributed by atoms with Crippen molar-refractivity contribution in [3.05, 3.63) is 0 Å². The second-order valence-electron chi connectivity index (χ2n) is 4.64. The van der Waals surface area contributed by atoms with Gasteiger partial charge in [-0.15, -0.1) is 24.0 Å². The molecular formula is C13H30IN3O3S. The fourth-order valence-electron chi connectivity index (χ4n) is 1.40. The van der Waals surface area contributed by atoms with E-state index in [-0.39, 0.29) is 29.7 Å². The van der Waals surface area contributed by atoms with E-state index in [0.717, 1.165) is 32.4 Å². The highest BCUT2D eigenvalue weighted by Crippen LogP contribution is 1.90. The number of nitrogens with zero attached hydrogens (tertiary/aromatic N) is 1. The number of unbranched alkanes of at least 4 members (excludes halogenated alkanes) is 1. The summed E-state index contributed by atoms with van der Waals surface area (Å²) in [7, 11) is -2.94. The van der Waals surface area contributed by atoms with E-state index in [1.165, 1.54) is 6.26 Å². The molecule has 0 bridgehead atoms. The van der Waals surface area contributed by atoms with Crippen LogP contribution in [0.2, 0.25) is 0 Å². The Hall–Kier alpha value is -0.0900. The molecule has 0 aromatic heterocycles. The quantitative estimate of drug-likeness (QED) is 0.222. The Morgan fingerprint density at radius 3 is 2.38 bits per heavy atom. The second-order valence-corrected chi connectivity index (χ2v) is 6.90. The first-order valence-electron chi connectivity index (χ1n) is 7.27. The van der Waals surface area contributed by atoms with Crippen LogP contribution in [-0.4, -0.2) is 59.2 Å². The van der Waals surface area contributed by atoms with Gasteiger partial charge in [0.15, 0.2) is 5.96 Å². The summed E-state index contributed by atoms with van der Waals surface area (Å²) in [5.74, 6) is 0.766. The van der Waals surface area contributed by atoms with Crippen LogP contribution < -0.4 is 10.6 Å². The van der Waals surface area contributed by atoms with Crippen molar-refractivity contribution >= 4 is 39.8 Å². The molecule has 0 saturated carbocycles. The maximum Gasteiger partial charge on any atom is 0.191 e. The molecule has 6 nitrogen and oxygen atoms in total. The average molecular weight is 435 g/mol. The Labute approximate surface area is 146 Å². The van der Waals surface area contributed by atoms with Gasteiger partial charge in [-0.3, -0.25) is 4.99 Å². The summed E-state index contributed by atoms with van der Waals surface area (Å²) in [5, 5.41) is 6.09. The molecule has 128 valence electrons. The van der Waals surface area contributed by atoms with E-state index >= 15 is 0 Å². The molecule has 0 spiro atoms. The molecule has 0 radical (unpaired) electrons. The Balaban J connectivity index is 0. The molecule has 0 rings (SSSR count). The summed E-state index contributed by atoms with van der Waals surface area (Å²) in [5.41, 5.74) is 0. The number of halogens is 1. The van der Waals surface area contributed by atoms with Gasteiger partial charge in [-0.05, 0) is 19.8 Å². The van der Waals surface area contributed by atoms with Gasteiger partial charge in [0.1, 0.15) is 9.84 Å². The summed E-state index contributed by atoms with van der Waals surface area (Å²) in [6, 6.07) is 0. The topological polar surface area (TPSA) is 79.8 Å². The van der Waals surface area contributed by atoms with Crippen molar-refractivity contribution < 1.29 is 13.2 Å². The smallest absolute Gasteiger partial charge is 0.191 e. The van der Waals surface area contributed by atoms with Crippen LogP contribution in [0, 0.1) is 0 Å². The second kappa shape index (κ2) is 14.8. The van der Waals surface area contributed by atoms with Crippen molar-refractivity contribution in [2.45, 2.75) is 33.1 Å². The first-order valence-corrected chi connectivity index (χ1v) is 9.33. The molecule has 2 N–H and O–H groups in total. The van der Waals surface area contributed by atoms with Gasteiger partial charge < -0.3 is 15.4 Å². The minimum absolute atomic E-state index is 0.